The first-order valence-corrected chi connectivity index (χ1v) is 3.75. The zero-order valence-electron chi connectivity index (χ0n) is 7.26. The molecule has 0 aromatic heterocycles. The molecular weight excluding hydrogens is 166 g/mol. The molecule has 0 radical (unpaired) electrons. The van der Waals surface area contributed by atoms with Gasteiger partial charge in [-0.3, -0.25) is 0 Å². The van der Waals surface area contributed by atoms with E-state index in [1.54, 1.807) is 32.1 Å². The lowest BCUT2D eigenvalue weighted by molar-refractivity contribution is -0.132. The summed E-state index contributed by atoms with van der Waals surface area (Å²) in [5, 5.41) is 8.34. The second-order valence-electron chi connectivity index (χ2n) is 2.08. The van der Waals surface area contributed by atoms with E-state index in [9.17, 15) is 4.79 Å². The van der Waals surface area contributed by atoms with Crippen LogP contribution in [0, 0.1) is 0 Å². The number of hydrogen-bond donors (Lipinski definition) is 1. The van der Waals surface area contributed by atoms with Crippen molar-refractivity contribution in [1.29, 1.82) is 0 Å². The van der Waals surface area contributed by atoms with E-state index in [1.165, 1.54) is 6.38 Å². The Labute approximate surface area is 72.3 Å². The molecule has 0 aliphatic rings. The van der Waals surface area contributed by atoms with E-state index in [0.717, 1.165) is 0 Å². The van der Waals surface area contributed by atoms with Crippen molar-refractivity contribution in [3.8, 4) is 0 Å². The van der Waals surface area contributed by atoms with Crippen molar-refractivity contribution in [2.24, 2.45) is 0 Å². The molecule has 3 nitrogen and oxygen atoms in total. The minimum absolute atomic E-state index is 0.347. The summed E-state index contributed by atoms with van der Waals surface area (Å²) in [5.41, 5.74) is 0.347. The maximum atomic E-state index is 10.1. The molecule has 0 spiro atoms. The summed E-state index contributed by atoms with van der Waals surface area (Å²) < 4.78 is 0. The number of aliphatic carboxylic acids is 1. The second kappa shape index (κ2) is 7.41. The molecule has 0 aliphatic carbocycles. The van der Waals surface area contributed by atoms with Crippen LogP contribution >= 0.6 is 11.6 Å². The monoisotopic (exact) mass is 179 g/mol. The molecule has 0 heterocycles. The quantitative estimate of drug-likeness (QED) is 0.515. The highest BCUT2D eigenvalue weighted by molar-refractivity contribution is 6.15. The number of rotatable bonds is 2. The maximum absolute atomic E-state index is 10.1. The standard InChI is InChI=1S/C6H11NO2.CH3Cl/c1-5(6(8)9)4-7(2)3;1-2/h4H,1-3H3,(H,8,9);1H3. The van der Waals surface area contributed by atoms with Gasteiger partial charge in [0, 0.05) is 32.3 Å². The second-order valence-corrected chi connectivity index (χ2v) is 2.08. The molecule has 0 saturated heterocycles. The first-order chi connectivity index (χ1) is 5.04. The summed E-state index contributed by atoms with van der Waals surface area (Å²) in [4.78, 5) is 11.8. The minimum atomic E-state index is -0.872. The summed E-state index contributed by atoms with van der Waals surface area (Å²) in [6.45, 7) is 1.56. The first-order valence-electron chi connectivity index (χ1n) is 3.00. The van der Waals surface area contributed by atoms with E-state index < -0.39 is 5.97 Å². The van der Waals surface area contributed by atoms with Crippen LogP contribution in [0.15, 0.2) is 11.8 Å². The molecule has 0 aromatic carbocycles. The lowest BCUT2D eigenvalue weighted by Crippen LogP contribution is -2.06. The van der Waals surface area contributed by atoms with Crippen molar-refractivity contribution in [1.82, 2.24) is 4.90 Å². The van der Waals surface area contributed by atoms with E-state index in [4.69, 9.17) is 5.11 Å². The van der Waals surface area contributed by atoms with Crippen LogP contribution in [-0.4, -0.2) is 36.5 Å². The number of alkyl halides is 1. The van der Waals surface area contributed by atoms with Crippen LogP contribution in [0.3, 0.4) is 0 Å². The van der Waals surface area contributed by atoms with E-state index in [2.05, 4.69) is 11.6 Å². The van der Waals surface area contributed by atoms with Gasteiger partial charge in [0.15, 0.2) is 0 Å². The van der Waals surface area contributed by atoms with Gasteiger partial charge in [0.1, 0.15) is 0 Å². The zero-order chi connectivity index (χ0) is 9.44. The Hall–Kier alpha value is -0.700. The average Bonchev–Trinajstić information content (AvgIpc) is 1.90. The summed E-state index contributed by atoms with van der Waals surface area (Å²) in [6.07, 6.45) is 3.03. The Kier molecular flexibility index (Phi) is 8.71. The van der Waals surface area contributed by atoms with E-state index >= 15 is 0 Å². The molecule has 0 unspecified atom stereocenters. The summed E-state index contributed by atoms with van der Waals surface area (Å²) in [6, 6.07) is 0. The Balaban J connectivity index is 0. The van der Waals surface area contributed by atoms with Gasteiger partial charge in [0.2, 0.25) is 0 Å². The van der Waals surface area contributed by atoms with Crippen molar-refractivity contribution in [3.05, 3.63) is 11.8 Å². The predicted octanol–water partition coefficient (Wildman–Crippen LogP) is 1.39. The van der Waals surface area contributed by atoms with Crippen LogP contribution in [0.2, 0.25) is 0 Å². The van der Waals surface area contributed by atoms with Crippen LogP contribution in [0.1, 0.15) is 6.92 Å². The number of carbonyl (C=O) groups is 1. The Bertz CT molecular complexity index is 143. The number of carboxylic acids is 1. The first kappa shape index (κ1) is 12.9. The van der Waals surface area contributed by atoms with Crippen LogP contribution < -0.4 is 0 Å². The molecule has 0 bridgehead atoms. The molecule has 0 amide bonds. The largest absolute Gasteiger partial charge is 0.478 e. The number of nitrogens with zero attached hydrogens (tertiary/aromatic N) is 1. The SMILES string of the molecule is CC(=CN(C)C)C(=O)O.CCl. The minimum Gasteiger partial charge on any atom is -0.478 e. The van der Waals surface area contributed by atoms with Crippen LogP contribution in [-0.2, 0) is 4.79 Å². The van der Waals surface area contributed by atoms with Crippen molar-refractivity contribution in [2.75, 3.05) is 20.5 Å². The summed E-state index contributed by atoms with van der Waals surface area (Å²) in [7, 11) is 3.57. The third-order valence-corrected chi connectivity index (χ3v) is 0.789. The third-order valence-electron chi connectivity index (χ3n) is 0.789. The molecule has 11 heavy (non-hydrogen) atoms. The molecule has 1 N–H and O–H groups in total. The average molecular weight is 180 g/mol. The van der Waals surface area contributed by atoms with Crippen molar-refractivity contribution in [3.63, 3.8) is 0 Å². The van der Waals surface area contributed by atoms with Crippen LogP contribution in [0.5, 0.6) is 0 Å². The Morgan fingerprint density at radius 3 is 1.91 bits per heavy atom. The molecular formula is C7H14ClNO2. The van der Waals surface area contributed by atoms with E-state index in [-0.39, 0.29) is 0 Å². The fraction of sp³-hybridized carbons (Fsp3) is 0.571. The van der Waals surface area contributed by atoms with E-state index in [0.29, 0.717) is 5.57 Å². The highest BCUT2D eigenvalue weighted by Gasteiger charge is 1.97. The molecule has 66 valence electrons. The number of halogens is 1. The van der Waals surface area contributed by atoms with Crippen molar-refractivity contribution < 1.29 is 9.90 Å². The van der Waals surface area contributed by atoms with Gasteiger partial charge in [-0.1, -0.05) is 0 Å². The van der Waals surface area contributed by atoms with Crippen molar-refractivity contribution in [2.45, 2.75) is 6.92 Å². The molecule has 0 aromatic rings. The normalized spacial score (nSPS) is 9.73. The number of carboxylic acid groups (broad SMARTS) is 1. The van der Waals surface area contributed by atoms with Gasteiger partial charge >= 0.3 is 5.97 Å². The molecule has 0 aliphatic heterocycles. The Morgan fingerprint density at radius 1 is 1.45 bits per heavy atom. The zero-order valence-corrected chi connectivity index (χ0v) is 8.01. The molecule has 4 heteroatoms. The van der Waals surface area contributed by atoms with Gasteiger partial charge in [-0.05, 0) is 6.92 Å². The topological polar surface area (TPSA) is 40.5 Å². The molecule has 0 fully saturated rings. The fourth-order valence-electron chi connectivity index (χ4n) is 0.443. The van der Waals surface area contributed by atoms with E-state index in [1.807, 2.05) is 0 Å². The fourth-order valence-corrected chi connectivity index (χ4v) is 0.443. The smallest absolute Gasteiger partial charge is 0.332 e. The van der Waals surface area contributed by atoms with Gasteiger partial charge in [-0.15, -0.1) is 11.6 Å². The lowest BCUT2D eigenvalue weighted by atomic mass is 10.3. The molecule has 0 atom stereocenters. The molecule has 0 saturated carbocycles. The third kappa shape index (κ3) is 9.30. The summed E-state index contributed by atoms with van der Waals surface area (Å²) >= 11 is 4.64. The highest BCUT2D eigenvalue weighted by Crippen LogP contribution is 1.91. The van der Waals surface area contributed by atoms with Gasteiger partial charge in [-0.2, -0.15) is 0 Å². The van der Waals surface area contributed by atoms with Crippen LogP contribution in [0.25, 0.3) is 0 Å². The molecule has 0 rings (SSSR count). The van der Waals surface area contributed by atoms with Crippen LogP contribution in [0.4, 0.5) is 0 Å². The maximum Gasteiger partial charge on any atom is 0.332 e. The lowest BCUT2D eigenvalue weighted by Gasteiger charge is -2.03. The van der Waals surface area contributed by atoms with Gasteiger partial charge in [0.25, 0.3) is 0 Å². The van der Waals surface area contributed by atoms with Gasteiger partial charge in [-0.25, -0.2) is 4.79 Å². The van der Waals surface area contributed by atoms with Crippen molar-refractivity contribution >= 4 is 17.6 Å². The predicted molar refractivity (Wildman–Crippen MR) is 46.9 cm³/mol. The Morgan fingerprint density at radius 2 is 1.82 bits per heavy atom. The summed E-state index contributed by atoms with van der Waals surface area (Å²) in [5.74, 6) is -0.872. The number of hydrogen-bond acceptors (Lipinski definition) is 2. The van der Waals surface area contributed by atoms with Gasteiger partial charge in [0.05, 0.1) is 0 Å². The highest BCUT2D eigenvalue weighted by atomic mass is 35.5. The van der Waals surface area contributed by atoms with Gasteiger partial charge < -0.3 is 10.0 Å².